The number of carbonyl (C=O) groups is 2. The third-order valence-corrected chi connectivity index (χ3v) is 6.59. The van der Waals surface area contributed by atoms with Crippen molar-refractivity contribution in [2.45, 2.75) is 46.7 Å². The molecular weight excluding hydrogens is 454 g/mol. The Labute approximate surface area is 202 Å². The van der Waals surface area contributed by atoms with E-state index in [1.807, 2.05) is 52.0 Å². The minimum Gasteiger partial charge on any atom is -0.494 e. The van der Waals surface area contributed by atoms with Gasteiger partial charge in [0.2, 0.25) is 21.8 Å². The van der Waals surface area contributed by atoms with E-state index >= 15 is 0 Å². The largest absolute Gasteiger partial charge is 0.494 e. The van der Waals surface area contributed by atoms with Crippen LogP contribution in [0.5, 0.6) is 5.75 Å². The number of sulfonamides is 1. The van der Waals surface area contributed by atoms with Gasteiger partial charge in [0.15, 0.2) is 0 Å². The molecule has 1 N–H and O–H groups in total. The number of likely N-dealkylation sites (N-methyl/N-ethyl adjacent to an activating group) is 1. The molecule has 0 saturated carbocycles. The zero-order valence-corrected chi connectivity index (χ0v) is 21.4. The number of rotatable bonds is 12. The van der Waals surface area contributed by atoms with Gasteiger partial charge in [-0.1, -0.05) is 31.2 Å². The zero-order chi connectivity index (χ0) is 25.3. The Kier molecular flexibility index (Phi) is 9.92. The summed E-state index contributed by atoms with van der Waals surface area (Å²) in [6, 6.07) is 13.4. The topological polar surface area (TPSA) is 96.0 Å². The average molecular weight is 490 g/mol. The Morgan fingerprint density at radius 3 is 2.21 bits per heavy atom. The monoisotopic (exact) mass is 489 g/mol. The summed E-state index contributed by atoms with van der Waals surface area (Å²) in [5, 5.41) is 2.79. The maximum Gasteiger partial charge on any atom is 0.244 e. The van der Waals surface area contributed by atoms with Crippen molar-refractivity contribution in [3.63, 3.8) is 0 Å². The van der Waals surface area contributed by atoms with Gasteiger partial charge in [-0.25, -0.2) is 8.42 Å². The van der Waals surface area contributed by atoms with Crippen LogP contribution in [0.15, 0.2) is 48.5 Å². The average Bonchev–Trinajstić information content (AvgIpc) is 2.79. The molecule has 2 aromatic rings. The fraction of sp³-hybridized carbons (Fsp3) is 0.440. The Balaban J connectivity index is 2.42. The summed E-state index contributed by atoms with van der Waals surface area (Å²) in [4.78, 5) is 27.9. The maximum atomic E-state index is 13.6. The summed E-state index contributed by atoms with van der Waals surface area (Å²) in [7, 11) is -3.77. The van der Waals surface area contributed by atoms with Gasteiger partial charge in [0.1, 0.15) is 18.3 Å². The molecule has 0 aliphatic rings. The standard InChI is InChI=1S/C25H35N3O5S/c1-6-23(25(30)26-7-2)27(17-20-12-10-9-11-19(20)4)24(29)18-28(34(5,31)32)21-13-15-22(16-14-21)33-8-3/h9-16,23H,6-8,17-18H2,1-5H3,(H,26,30). The number of aryl methyl sites for hydroxylation is 1. The van der Waals surface area contributed by atoms with E-state index < -0.39 is 28.5 Å². The molecule has 0 saturated heterocycles. The molecule has 0 bridgehead atoms. The highest BCUT2D eigenvalue weighted by molar-refractivity contribution is 7.92. The second-order valence-electron chi connectivity index (χ2n) is 7.96. The van der Waals surface area contributed by atoms with E-state index in [1.54, 1.807) is 24.3 Å². The molecule has 8 nitrogen and oxygen atoms in total. The fourth-order valence-electron chi connectivity index (χ4n) is 3.67. The van der Waals surface area contributed by atoms with Crippen molar-refractivity contribution < 1.29 is 22.7 Å². The highest BCUT2D eigenvalue weighted by Gasteiger charge is 2.31. The van der Waals surface area contributed by atoms with Crippen LogP contribution in [-0.4, -0.2) is 57.1 Å². The fourth-order valence-corrected chi connectivity index (χ4v) is 4.52. The van der Waals surface area contributed by atoms with Gasteiger partial charge in [-0.05, 0) is 62.6 Å². The Morgan fingerprint density at radius 1 is 1.03 bits per heavy atom. The lowest BCUT2D eigenvalue weighted by Gasteiger charge is -2.33. The quantitative estimate of drug-likeness (QED) is 0.494. The molecule has 2 rings (SSSR count). The number of carbonyl (C=O) groups excluding carboxylic acids is 2. The van der Waals surface area contributed by atoms with Crippen molar-refractivity contribution in [3.05, 3.63) is 59.7 Å². The summed E-state index contributed by atoms with van der Waals surface area (Å²) >= 11 is 0. The number of nitrogens with zero attached hydrogens (tertiary/aromatic N) is 2. The first kappa shape index (κ1) is 27.2. The Hall–Kier alpha value is -3.07. The molecule has 1 atom stereocenters. The van der Waals surface area contributed by atoms with Gasteiger partial charge in [0.05, 0.1) is 18.6 Å². The zero-order valence-electron chi connectivity index (χ0n) is 20.6. The van der Waals surface area contributed by atoms with E-state index in [9.17, 15) is 18.0 Å². The number of benzene rings is 2. The van der Waals surface area contributed by atoms with Crippen molar-refractivity contribution in [1.29, 1.82) is 0 Å². The highest BCUT2D eigenvalue weighted by Crippen LogP contribution is 2.23. The van der Waals surface area contributed by atoms with E-state index in [2.05, 4.69) is 5.32 Å². The van der Waals surface area contributed by atoms with Crippen molar-refractivity contribution >= 4 is 27.5 Å². The van der Waals surface area contributed by atoms with Crippen LogP contribution in [0.2, 0.25) is 0 Å². The number of amides is 2. The lowest BCUT2D eigenvalue weighted by atomic mass is 10.1. The van der Waals surface area contributed by atoms with Gasteiger partial charge in [0.25, 0.3) is 0 Å². The number of ether oxygens (including phenoxy) is 1. The summed E-state index contributed by atoms with van der Waals surface area (Å²) in [6.07, 6.45) is 1.45. The second kappa shape index (κ2) is 12.4. The first-order chi connectivity index (χ1) is 16.1. The van der Waals surface area contributed by atoms with Crippen LogP contribution in [0, 0.1) is 6.92 Å². The number of hydrogen-bond donors (Lipinski definition) is 1. The van der Waals surface area contributed by atoms with Crippen LogP contribution in [0.4, 0.5) is 5.69 Å². The predicted octanol–water partition coefficient (Wildman–Crippen LogP) is 3.10. The molecule has 0 heterocycles. The maximum absolute atomic E-state index is 13.6. The van der Waals surface area contributed by atoms with Crippen molar-refractivity contribution in [2.75, 3.05) is 30.3 Å². The summed E-state index contributed by atoms with van der Waals surface area (Å²) < 4.78 is 31.8. The lowest BCUT2D eigenvalue weighted by Crippen LogP contribution is -2.52. The SMILES string of the molecule is CCNC(=O)C(CC)N(Cc1ccccc1C)C(=O)CN(c1ccc(OCC)cc1)S(C)(=O)=O. The minimum absolute atomic E-state index is 0.196. The van der Waals surface area contributed by atoms with Gasteiger partial charge in [-0.15, -0.1) is 0 Å². The first-order valence-corrected chi connectivity index (χ1v) is 13.3. The van der Waals surface area contributed by atoms with E-state index in [1.165, 1.54) is 4.90 Å². The van der Waals surface area contributed by atoms with Crippen molar-refractivity contribution in [2.24, 2.45) is 0 Å². The van der Waals surface area contributed by atoms with Gasteiger partial charge in [-0.2, -0.15) is 0 Å². The van der Waals surface area contributed by atoms with Gasteiger partial charge >= 0.3 is 0 Å². The van der Waals surface area contributed by atoms with Crippen molar-refractivity contribution in [3.8, 4) is 5.75 Å². The van der Waals surface area contributed by atoms with Crippen LogP contribution < -0.4 is 14.4 Å². The Morgan fingerprint density at radius 2 is 1.68 bits per heavy atom. The summed E-state index contributed by atoms with van der Waals surface area (Å²) in [6.45, 7) is 8.14. The van der Waals surface area contributed by atoms with E-state index in [0.717, 1.165) is 21.7 Å². The van der Waals surface area contributed by atoms with E-state index in [4.69, 9.17) is 4.74 Å². The molecule has 2 aromatic carbocycles. The lowest BCUT2D eigenvalue weighted by molar-refractivity contribution is -0.140. The van der Waals surface area contributed by atoms with Crippen LogP contribution >= 0.6 is 0 Å². The first-order valence-electron chi connectivity index (χ1n) is 11.4. The predicted molar refractivity (Wildman–Crippen MR) is 134 cm³/mol. The smallest absolute Gasteiger partial charge is 0.244 e. The van der Waals surface area contributed by atoms with Crippen molar-refractivity contribution in [1.82, 2.24) is 10.2 Å². The molecule has 0 aliphatic carbocycles. The molecule has 0 aliphatic heterocycles. The third-order valence-electron chi connectivity index (χ3n) is 5.45. The molecule has 2 amide bonds. The van der Waals surface area contributed by atoms with Crippen LogP contribution in [0.3, 0.4) is 0 Å². The molecular formula is C25H35N3O5S. The van der Waals surface area contributed by atoms with Gasteiger partial charge in [0, 0.05) is 13.1 Å². The van der Waals surface area contributed by atoms with Crippen LogP contribution in [0.1, 0.15) is 38.3 Å². The van der Waals surface area contributed by atoms with Crippen LogP contribution in [-0.2, 0) is 26.2 Å². The molecule has 9 heteroatoms. The molecule has 186 valence electrons. The number of hydrogen-bond acceptors (Lipinski definition) is 5. The molecule has 1 unspecified atom stereocenters. The molecule has 0 radical (unpaired) electrons. The Bertz CT molecular complexity index is 1070. The second-order valence-corrected chi connectivity index (χ2v) is 9.87. The third kappa shape index (κ3) is 7.21. The number of nitrogens with one attached hydrogen (secondary N) is 1. The molecule has 0 fully saturated rings. The molecule has 0 aromatic heterocycles. The van der Waals surface area contributed by atoms with E-state index in [0.29, 0.717) is 31.0 Å². The van der Waals surface area contributed by atoms with Gasteiger partial charge in [-0.3, -0.25) is 13.9 Å². The van der Waals surface area contributed by atoms with E-state index in [-0.39, 0.29) is 12.5 Å². The highest BCUT2D eigenvalue weighted by atomic mass is 32.2. The van der Waals surface area contributed by atoms with Gasteiger partial charge < -0.3 is 15.0 Å². The van der Waals surface area contributed by atoms with Crippen LogP contribution in [0.25, 0.3) is 0 Å². The minimum atomic E-state index is -3.77. The number of anilines is 1. The molecule has 0 spiro atoms. The summed E-state index contributed by atoms with van der Waals surface area (Å²) in [5.41, 5.74) is 2.23. The summed E-state index contributed by atoms with van der Waals surface area (Å²) in [5.74, 6) is -0.117. The normalized spacial score (nSPS) is 12.0. The molecule has 34 heavy (non-hydrogen) atoms.